The van der Waals surface area contributed by atoms with Crippen LogP contribution in [0.5, 0.6) is 6.01 Å². The summed E-state index contributed by atoms with van der Waals surface area (Å²) in [5.74, 6) is 0.284. The number of nitrogens with one attached hydrogen (secondary N) is 1. The number of carboxylic acids is 1. The first-order valence-corrected chi connectivity index (χ1v) is 9.74. The second kappa shape index (κ2) is 14.4. The van der Waals surface area contributed by atoms with Crippen LogP contribution in [0.1, 0.15) is 56.2 Å². The Kier molecular flexibility index (Phi) is 12.0. The lowest BCUT2D eigenvalue weighted by molar-refractivity contribution is -0.137. The lowest BCUT2D eigenvalue weighted by Crippen LogP contribution is -1.99. The van der Waals surface area contributed by atoms with Gasteiger partial charge in [0.25, 0.3) is 0 Å². The van der Waals surface area contributed by atoms with E-state index in [0.717, 1.165) is 43.6 Å². The van der Waals surface area contributed by atoms with Crippen molar-refractivity contribution < 1.29 is 14.6 Å². The number of carbonyl (C=O) groups is 1. The number of pyridine rings is 1. The fourth-order valence-corrected chi connectivity index (χ4v) is 2.64. The van der Waals surface area contributed by atoms with Gasteiger partial charge in [-0.3, -0.25) is 4.79 Å². The van der Waals surface area contributed by atoms with Crippen molar-refractivity contribution in [1.29, 1.82) is 0 Å². The molecule has 0 spiro atoms. The van der Waals surface area contributed by atoms with Gasteiger partial charge in [-0.1, -0.05) is 31.7 Å². The fraction of sp³-hybridized carbons (Fsp3) is 0.524. The van der Waals surface area contributed by atoms with Gasteiger partial charge < -0.3 is 15.2 Å². The molecule has 0 bridgehead atoms. The van der Waals surface area contributed by atoms with E-state index in [-0.39, 0.29) is 0 Å². The standard InChI is InChI=1S/C16H26N2O2.C5H6N2O/c1-13-11-12-14(18-16(13)17-2)9-7-5-3-4-6-8-10-15(19)20;1-8-5-6-3-2-4-7-5/h11-12H,3-10H2,1-2H3,(H,17,18)(H,19,20);2-4H,1H3. The third kappa shape index (κ3) is 10.4. The number of rotatable bonds is 11. The molecule has 7 heteroatoms. The van der Waals surface area contributed by atoms with Crippen LogP contribution in [0.25, 0.3) is 0 Å². The predicted molar refractivity (Wildman–Crippen MR) is 111 cm³/mol. The van der Waals surface area contributed by atoms with E-state index in [9.17, 15) is 4.79 Å². The third-order valence-electron chi connectivity index (χ3n) is 4.19. The maximum atomic E-state index is 10.4. The Bertz CT molecular complexity index is 681. The molecule has 7 nitrogen and oxygen atoms in total. The molecule has 2 aromatic heterocycles. The Morgan fingerprint density at radius 2 is 1.71 bits per heavy atom. The van der Waals surface area contributed by atoms with Gasteiger partial charge in [0.15, 0.2) is 0 Å². The molecular weight excluding hydrogens is 356 g/mol. The van der Waals surface area contributed by atoms with E-state index in [2.05, 4.69) is 39.3 Å². The Hall–Kier alpha value is -2.70. The van der Waals surface area contributed by atoms with Crippen molar-refractivity contribution >= 4 is 11.8 Å². The second-order valence-electron chi connectivity index (χ2n) is 6.47. The molecule has 0 aliphatic heterocycles. The molecule has 0 amide bonds. The number of hydrogen-bond acceptors (Lipinski definition) is 6. The quantitative estimate of drug-likeness (QED) is 0.555. The molecular formula is C21H32N4O3. The van der Waals surface area contributed by atoms with Gasteiger partial charge in [-0.2, -0.15) is 0 Å². The molecule has 0 saturated heterocycles. The zero-order valence-corrected chi connectivity index (χ0v) is 17.1. The molecule has 0 atom stereocenters. The highest BCUT2D eigenvalue weighted by Crippen LogP contribution is 2.14. The van der Waals surface area contributed by atoms with E-state index in [4.69, 9.17) is 9.84 Å². The number of nitrogens with zero attached hydrogens (tertiary/aromatic N) is 3. The van der Waals surface area contributed by atoms with E-state index in [1.54, 1.807) is 18.5 Å². The van der Waals surface area contributed by atoms with Gasteiger partial charge in [-0.05, 0) is 43.9 Å². The van der Waals surface area contributed by atoms with Crippen molar-refractivity contribution in [1.82, 2.24) is 15.0 Å². The number of aliphatic carboxylic acids is 1. The lowest BCUT2D eigenvalue weighted by Gasteiger charge is -2.07. The first kappa shape index (κ1) is 23.3. The summed E-state index contributed by atoms with van der Waals surface area (Å²) in [7, 11) is 3.44. The van der Waals surface area contributed by atoms with E-state index < -0.39 is 5.97 Å². The normalized spacial score (nSPS) is 9.96. The molecule has 2 N–H and O–H groups in total. The Balaban J connectivity index is 0.000000406. The highest BCUT2D eigenvalue weighted by Gasteiger charge is 2.01. The Morgan fingerprint density at radius 3 is 2.29 bits per heavy atom. The molecule has 0 aromatic carbocycles. The molecule has 0 fully saturated rings. The number of carboxylic acid groups (broad SMARTS) is 1. The van der Waals surface area contributed by atoms with Crippen molar-refractivity contribution in [3.8, 4) is 6.01 Å². The average Bonchev–Trinajstić information content (AvgIpc) is 2.72. The zero-order chi connectivity index (χ0) is 20.6. The van der Waals surface area contributed by atoms with E-state index in [1.165, 1.54) is 25.5 Å². The van der Waals surface area contributed by atoms with Crippen molar-refractivity contribution in [2.75, 3.05) is 19.5 Å². The summed E-state index contributed by atoms with van der Waals surface area (Å²) in [6, 6.07) is 6.36. The SMILES string of the molecule is CNc1nc(CCCCCCCCC(=O)O)ccc1C.COc1ncccn1. The molecule has 28 heavy (non-hydrogen) atoms. The molecule has 2 rings (SSSR count). The number of anilines is 1. The molecule has 2 heterocycles. The summed E-state index contributed by atoms with van der Waals surface area (Å²) in [5.41, 5.74) is 2.32. The van der Waals surface area contributed by atoms with Crippen molar-refractivity contribution in [3.05, 3.63) is 41.9 Å². The highest BCUT2D eigenvalue weighted by molar-refractivity contribution is 5.66. The number of unbranched alkanes of at least 4 members (excludes halogenated alkanes) is 5. The third-order valence-corrected chi connectivity index (χ3v) is 4.19. The number of aryl methyl sites for hydroxylation is 2. The maximum Gasteiger partial charge on any atom is 0.315 e. The summed E-state index contributed by atoms with van der Waals surface area (Å²) in [4.78, 5) is 22.5. The summed E-state index contributed by atoms with van der Waals surface area (Å²) in [5, 5.41) is 11.6. The summed E-state index contributed by atoms with van der Waals surface area (Å²) >= 11 is 0. The van der Waals surface area contributed by atoms with Gasteiger partial charge in [0.05, 0.1) is 7.11 Å². The molecule has 0 saturated carbocycles. The molecule has 154 valence electrons. The van der Waals surface area contributed by atoms with Crippen LogP contribution in [0.15, 0.2) is 30.6 Å². The molecule has 0 aliphatic rings. The van der Waals surface area contributed by atoms with Gasteiger partial charge in [-0.15, -0.1) is 0 Å². The number of methoxy groups -OCH3 is 1. The predicted octanol–water partition coefficient (Wildman–Crippen LogP) is 4.27. The van der Waals surface area contributed by atoms with Crippen LogP contribution in [0.2, 0.25) is 0 Å². The largest absolute Gasteiger partial charge is 0.481 e. The second-order valence-corrected chi connectivity index (χ2v) is 6.47. The minimum atomic E-state index is -0.684. The van der Waals surface area contributed by atoms with Crippen LogP contribution in [0, 0.1) is 6.92 Å². The molecule has 0 radical (unpaired) electrons. The van der Waals surface area contributed by atoms with E-state index in [1.807, 2.05) is 7.05 Å². The van der Waals surface area contributed by atoms with Crippen molar-refractivity contribution in [3.63, 3.8) is 0 Å². The average molecular weight is 389 g/mol. The Morgan fingerprint density at radius 1 is 1.07 bits per heavy atom. The van der Waals surface area contributed by atoms with Crippen LogP contribution >= 0.6 is 0 Å². The summed E-state index contributed by atoms with van der Waals surface area (Å²) in [6.45, 7) is 2.06. The first-order chi connectivity index (χ1) is 13.6. The number of hydrogen-bond donors (Lipinski definition) is 2. The monoisotopic (exact) mass is 388 g/mol. The fourth-order valence-electron chi connectivity index (χ4n) is 2.64. The topological polar surface area (TPSA) is 97.2 Å². The molecule has 0 unspecified atom stereocenters. The van der Waals surface area contributed by atoms with Gasteiger partial charge in [0, 0.05) is 31.6 Å². The Labute approximate surface area is 167 Å². The van der Waals surface area contributed by atoms with Gasteiger partial charge in [0.2, 0.25) is 0 Å². The van der Waals surface area contributed by atoms with E-state index >= 15 is 0 Å². The summed E-state index contributed by atoms with van der Waals surface area (Å²) < 4.78 is 4.69. The highest BCUT2D eigenvalue weighted by atomic mass is 16.5. The van der Waals surface area contributed by atoms with Gasteiger partial charge in [0.1, 0.15) is 5.82 Å². The number of aromatic nitrogens is 3. The van der Waals surface area contributed by atoms with Gasteiger partial charge >= 0.3 is 12.0 Å². The summed E-state index contributed by atoms with van der Waals surface area (Å²) in [6.07, 6.45) is 11.1. The zero-order valence-electron chi connectivity index (χ0n) is 17.1. The van der Waals surface area contributed by atoms with Crippen molar-refractivity contribution in [2.24, 2.45) is 0 Å². The van der Waals surface area contributed by atoms with Gasteiger partial charge in [-0.25, -0.2) is 15.0 Å². The maximum absolute atomic E-state index is 10.4. The van der Waals surface area contributed by atoms with Crippen LogP contribution in [-0.2, 0) is 11.2 Å². The molecule has 0 aliphatic carbocycles. The molecule has 2 aromatic rings. The lowest BCUT2D eigenvalue weighted by atomic mass is 10.1. The first-order valence-electron chi connectivity index (χ1n) is 9.74. The smallest absolute Gasteiger partial charge is 0.315 e. The van der Waals surface area contributed by atoms with Crippen LogP contribution in [0.3, 0.4) is 0 Å². The minimum Gasteiger partial charge on any atom is -0.481 e. The van der Waals surface area contributed by atoms with Crippen molar-refractivity contribution in [2.45, 2.75) is 58.3 Å². The minimum absolute atomic E-state index is 0.306. The number of ether oxygens (including phenoxy) is 1. The van der Waals surface area contributed by atoms with Crippen LogP contribution in [0.4, 0.5) is 5.82 Å². The van der Waals surface area contributed by atoms with E-state index in [0.29, 0.717) is 12.4 Å². The van der Waals surface area contributed by atoms with Crippen LogP contribution < -0.4 is 10.1 Å². The van der Waals surface area contributed by atoms with Crippen LogP contribution in [-0.4, -0.2) is 40.2 Å².